The summed E-state index contributed by atoms with van der Waals surface area (Å²) in [7, 11) is 3.23. The number of nitrogens with two attached hydrogens (primary N) is 1. The molecule has 0 spiro atoms. The Hall–Kier alpha value is -1.43. The first-order valence-corrected chi connectivity index (χ1v) is 6.70. The van der Waals surface area contributed by atoms with Crippen molar-refractivity contribution in [1.82, 2.24) is 4.90 Å². The molecular formula is C15H24N2O3. The van der Waals surface area contributed by atoms with E-state index in [2.05, 4.69) is 0 Å². The smallest absolute Gasteiger partial charge is 0.244 e. The van der Waals surface area contributed by atoms with E-state index in [0.29, 0.717) is 19.8 Å². The molecule has 1 aromatic carbocycles. The summed E-state index contributed by atoms with van der Waals surface area (Å²) < 4.78 is 10.2. The van der Waals surface area contributed by atoms with Crippen LogP contribution in [0, 0.1) is 0 Å². The number of carbonyl (C=O) groups excluding carboxylic acids is 1. The summed E-state index contributed by atoms with van der Waals surface area (Å²) in [5.74, 6) is -0.113. The average Bonchev–Trinajstić information content (AvgIpc) is 2.48. The Morgan fingerprint density at radius 2 is 1.90 bits per heavy atom. The van der Waals surface area contributed by atoms with Gasteiger partial charge in [-0.2, -0.15) is 0 Å². The zero-order chi connectivity index (χ0) is 15.0. The molecule has 5 nitrogen and oxygen atoms in total. The zero-order valence-electron chi connectivity index (χ0n) is 12.4. The molecule has 0 aliphatic rings. The lowest BCUT2D eigenvalue weighted by molar-refractivity contribution is -0.136. The average molecular weight is 280 g/mol. The minimum atomic E-state index is -0.660. The molecule has 20 heavy (non-hydrogen) atoms. The standard InChI is InChI=1S/C15H24N2O3/c1-12(11-20-3)17(9-10-19-2)15(18)14(16)13-7-5-4-6-8-13/h4-8,12,14H,9-11,16H2,1-3H3/t12?,14-/m1/s1. The molecule has 2 N–H and O–H groups in total. The Balaban J connectivity index is 2.80. The highest BCUT2D eigenvalue weighted by Crippen LogP contribution is 2.14. The number of hydrogen-bond acceptors (Lipinski definition) is 4. The van der Waals surface area contributed by atoms with Crippen molar-refractivity contribution < 1.29 is 14.3 Å². The Bertz CT molecular complexity index is 397. The van der Waals surface area contributed by atoms with Gasteiger partial charge >= 0.3 is 0 Å². The van der Waals surface area contributed by atoms with Gasteiger partial charge in [0.1, 0.15) is 6.04 Å². The van der Waals surface area contributed by atoms with Gasteiger partial charge in [0.2, 0.25) is 5.91 Å². The van der Waals surface area contributed by atoms with E-state index in [1.54, 1.807) is 19.1 Å². The second kappa shape index (κ2) is 8.68. The highest BCUT2D eigenvalue weighted by atomic mass is 16.5. The van der Waals surface area contributed by atoms with E-state index < -0.39 is 6.04 Å². The van der Waals surface area contributed by atoms with Crippen LogP contribution in [0.1, 0.15) is 18.5 Å². The fraction of sp³-hybridized carbons (Fsp3) is 0.533. The lowest BCUT2D eigenvalue weighted by atomic mass is 10.1. The Morgan fingerprint density at radius 1 is 1.25 bits per heavy atom. The minimum absolute atomic E-state index is 0.0441. The summed E-state index contributed by atoms with van der Waals surface area (Å²) in [6.07, 6.45) is 0. The summed E-state index contributed by atoms with van der Waals surface area (Å²) in [5.41, 5.74) is 6.88. The second-order valence-corrected chi connectivity index (χ2v) is 4.72. The number of hydrogen-bond donors (Lipinski definition) is 1. The highest BCUT2D eigenvalue weighted by Gasteiger charge is 2.25. The number of amides is 1. The Morgan fingerprint density at radius 3 is 2.45 bits per heavy atom. The lowest BCUT2D eigenvalue weighted by Gasteiger charge is -2.31. The highest BCUT2D eigenvalue weighted by molar-refractivity contribution is 5.83. The van der Waals surface area contributed by atoms with Crippen LogP contribution in [0.2, 0.25) is 0 Å². The van der Waals surface area contributed by atoms with Gasteiger partial charge in [-0.25, -0.2) is 0 Å². The molecule has 112 valence electrons. The third-order valence-electron chi connectivity index (χ3n) is 3.18. The van der Waals surface area contributed by atoms with Crippen molar-refractivity contribution in [3.05, 3.63) is 35.9 Å². The topological polar surface area (TPSA) is 64.8 Å². The van der Waals surface area contributed by atoms with Crippen molar-refractivity contribution in [2.24, 2.45) is 5.73 Å². The van der Waals surface area contributed by atoms with E-state index in [4.69, 9.17) is 15.2 Å². The molecule has 1 rings (SSSR count). The monoisotopic (exact) mass is 280 g/mol. The van der Waals surface area contributed by atoms with Crippen molar-refractivity contribution in [2.75, 3.05) is 34.0 Å². The Kier molecular flexibility index (Phi) is 7.22. The first-order chi connectivity index (χ1) is 9.61. The molecule has 2 atom stereocenters. The third-order valence-corrected chi connectivity index (χ3v) is 3.18. The summed E-state index contributed by atoms with van der Waals surface area (Å²) in [5, 5.41) is 0. The Labute approximate surface area is 120 Å². The number of rotatable bonds is 8. The van der Waals surface area contributed by atoms with E-state index in [-0.39, 0.29) is 11.9 Å². The SMILES string of the molecule is COCCN(C(=O)[C@H](N)c1ccccc1)C(C)COC. The van der Waals surface area contributed by atoms with E-state index in [9.17, 15) is 4.79 Å². The number of nitrogens with zero attached hydrogens (tertiary/aromatic N) is 1. The predicted molar refractivity (Wildman–Crippen MR) is 78.3 cm³/mol. The first-order valence-electron chi connectivity index (χ1n) is 6.70. The molecular weight excluding hydrogens is 256 g/mol. The van der Waals surface area contributed by atoms with Crippen LogP contribution in [-0.2, 0) is 14.3 Å². The molecule has 0 aliphatic heterocycles. The molecule has 1 unspecified atom stereocenters. The van der Waals surface area contributed by atoms with Gasteiger partial charge in [-0.1, -0.05) is 30.3 Å². The van der Waals surface area contributed by atoms with Gasteiger partial charge in [0.05, 0.1) is 19.3 Å². The fourth-order valence-electron chi connectivity index (χ4n) is 2.05. The van der Waals surface area contributed by atoms with Gasteiger partial charge in [-0.3, -0.25) is 4.79 Å². The molecule has 0 saturated carbocycles. The van der Waals surface area contributed by atoms with Crippen molar-refractivity contribution >= 4 is 5.91 Å². The third kappa shape index (κ3) is 4.59. The normalized spacial score (nSPS) is 13.8. The molecule has 0 aromatic heterocycles. The minimum Gasteiger partial charge on any atom is -0.383 e. The fourth-order valence-corrected chi connectivity index (χ4v) is 2.05. The summed E-state index contributed by atoms with van der Waals surface area (Å²) in [6, 6.07) is 8.67. The molecule has 0 saturated heterocycles. The van der Waals surface area contributed by atoms with Crippen LogP contribution in [0.15, 0.2) is 30.3 Å². The molecule has 0 fully saturated rings. The van der Waals surface area contributed by atoms with Crippen molar-refractivity contribution in [1.29, 1.82) is 0 Å². The zero-order valence-corrected chi connectivity index (χ0v) is 12.4. The van der Waals surface area contributed by atoms with Gasteiger partial charge in [0.25, 0.3) is 0 Å². The van der Waals surface area contributed by atoms with Crippen LogP contribution < -0.4 is 5.73 Å². The van der Waals surface area contributed by atoms with Crippen molar-refractivity contribution in [3.63, 3.8) is 0 Å². The molecule has 0 radical (unpaired) electrons. The summed E-state index contributed by atoms with van der Waals surface area (Å²) >= 11 is 0. The summed E-state index contributed by atoms with van der Waals surface area (Å²) in [4.78, 5) is 14.3. The van der Waals surface area contributed by atoms with Gasteiger partial charge in [-0.15, -0.1) is 0 Å². The number of carbonyl (C=O) groups is 1. The van der Waals surface area contributed by atoms with Crippen LogP contribution in [-0.4, -0.2) is 50.8 Å². The van der Waals surface area contributed by atoms with Crippen LogP contribution in [0.4, 0.5) is 0 Å². The van der Waals surface area contributed by atoms with Gasteiger partial charge in [-0.05, 0) is 12.5 Å². The molecule has 1 aromatic rings. The van der Waals surface area contributed by atoms with Gasteiger partial charge in [0, 0.05) is 20.8 Å². The number of methoxy groups -OCH3 is 2. The summed E-state index contributed by atoms with van der Waals surface area (Å²) in [6.45, 7) is 3.38. The molecule has 5 heteroatoms. The van der Waals surface area contributed by atoms with Crippen LogP contribution >= 0.6 is 0 Å². The number of benzene rings is 1. The molecule has 0 heterocycles. The maximum absolute atomic E-state index is 12.6. The maximum atomic E-state index is 12.6. The molecule has 0 bridgehead atoms. The lowest BCUT2D eigenvalue weighted by Crippen LogP contribution is -2.47. The number of ether oxygens (including phenoxy) is 2. The van der Waals surface area contributed by atoms with Gasteiger partial charge < -0.3 is 20.1 Å². The van der Waals surface area contributed by atoms with E-state index in [0.717, 1.165) is 5.56 Å². The van der Waals surface area contributed by atoms with E-state index in [1.807, 2.05) is 37.3 Å². The van der Waals surface area contributed by atoms with Crippen LogP contribution in [0.3, 0.4) is 0 Å². The maximum Gasteiger partial charge on any atom is 0.244 e. The van der Waals surface area contributed by atoms with Crippen molar-refractivity contribution in [3.8, 4) is 0 Å². The quantitative estimate of drug-likeness (QED) is 0.777. The first kappa shape index (κ1) is 16.6. The van der Waals surface area contributed by atoms with E-state index in [1.165, 1.54) is 0 Å². The van der Waals surface area contributed by atoms with E-state index >= 15 is 0 Å². The van der Waals surface area contributed by atoms with Crippen LogP contribution in [0.5, 0.6) is 0 Å². The molecule has 0 aliphatic carbocycles. The van der Waals surface area contributed by atoms with Crippen LogP contribution in [0.25, 0.3) is 0 Å². The predicted octanol–water partition coefficient (Wildman–Crippen LogP) is 1.20. The molecule has 1 amide bonds. The van der Waals surface area contributed by atoms with Crippen molar-refractivity contribution in [2.45, 2.75) is 19.0 Å². The largest absolute Gasteiger partial charge is 0.383 e. The second-order valence-electron chi connectivity index (χ2n) is 4.72. The van der Waals surface area contributed by atoms with Gasteiger partial charge in [0.15, 0.2) is 0 Å².